The van der Waals surface area contributed by atoms with Gasteiger partial charge in [-0.2, -0.15) is 0 Å². The maximum absolute atomic E-state index is 13.3. The van der Waals surface area contributed by atoms with Crippen LogP contribution in [0.15, 0.2) is 66.7 Å². The third-order valence-electron chi connectivity index (χ3n) is 6.19. The Bertz CT molecular complexity index is 1400. The Morgan fingerprint density at radius 3 is 2.10 bits per heavy atom. The van der Waals surface area contributed by atoms with Gasteiger partial charge in [0.25, 0.3) is 5.91 Å². The zero-order chi connectivity index (χ0) is 28.7. The first kappa shape index (κ1) is 28.7. The van der Waals surface area contributed by atoms with E-state index in [1.54, 1.807) is 24.3 Å². The van der Waals surface area contributed by atoms with Crippen molar-refractivity contribution in [2.75, 3.05) is 37.7 Å². The van der Waals surface area contributed by atoms with Crippen LogP contribution in [0.4, 0.5) is 10.6 Å². The third kappa shape index (κ3) is 7.85. The molecule has 40 heavy (non-hydrogen) atoms. The van der Waals surface area contributed by atoms with Crippen LogP contribution < -0.4 is 10.6 Å². The number of nitrogens with zero attached hydrogens (tertiary/aromatic N) is 4. The van der Waals surface area contributed by atoms with Crippen molar-refractivity contribution in [3.05, 3.63) is 78.0 Å². The van der Waals surface area contributed by atoms with Crippen molar-refractivity contribution < 1.29 is 33.8 Å². The van der Waals surface area contributed by atoms with E-state index in [1.807, 2.05) is 36.4 Å². The van der Waals surface area contributed by atoms with Crippen molar-refractivity contribution in [2.24, 2.45) is 0 Å². The Hall–Kier alpha value is -4.32. The summed E-state index contributed by atoms with van der Waals surface area (Å²) in [5, 5.41) is 14.7. The highest BCUT2D eigenvalue weighted by molar-refractivity contribution is 7.51. The van der Waals surface area contributed by atoms with Crippen LogP contribution in [0, 0.1) is 0 Å². The molecule has 5 N–H and O–H groups in total. The second-order valence-corrected chi connectivity index (χ2v) is 10.8. The van der Waals surface area contributed by atoms with Crippen molar-refractivity contribution in [1.29, 1.82) is 0 Å². The predicted octanol–water partition coefficient (Wildman–Crippen LogP) is 1.85. The average molecular weight is 569 g/mol. The molecule has 2 aromatic carbocycles. The number of carboxylic acid groups (broad SMARTS) is 1. The molecule has 0 aliphatic carbocycles. The molecule has 2 heterocycles. The van der Waals surface area contributed by atoms with Crippen LogP contribution in [0.5, 0.6) is 0 Å². The highest BCUT2D eigenvalue weighted by Gasteiger charge is 2.34. The minimum Gasteiger partial charge on any atom is -0.465 e. The quantitative estimate of drug-likeness (QED) is 0.239. The Labute approximate surface area is 230 Å². The minimum atomic E-state index is -4.73. The first-order valence-corrected chi connectivity index (χ1v) is 14.2. The molecule has 210 valence electrons. The predicted molar refractivity (Wildman–Crippen MR) is 146 cm³/mol. The van der Waals surface area contributed by atoms with Crippen molar-refractivity contribution in [3.63, 3.8) is 0 Å². The van der Waals surface area contributed by atoms with Gasteiger partial charge in [-0.1, -0.05) is 60.7 Å². The molecular weight excluding hydrogens is 539 g/mol. The van der Waals surface area contributed by atoms with Gasteiger partial charge in [0.05, 0.1) is 6.16 Å². The van der Waals surface area contributed by atoms with Crippen LogP contribution in [0.25, 0.3) is 11.4 Å². The van der Waals surface area contributed by atoms with Crippen molar-refractivity contribution in [2.45, 2.75) is 12.6 Å². The van der Waals surface area contributed by atoms with Gasteiger partial charge in [-0.3, -0.25) is 14.2 Å². The van der Waals surface area contributed by atoms with Crippen LogP contribution >= 0.6 is 7.60 Å². The van der Waals surface area contributed by atoms with Gasteiger partial charge in [-0.05, 0) is 5.56 Å². The first-order valence-electron chi connectivity index (χ1n) is 12.4. The average Bonchev–Trinajstić information content (AvgIpc) is 2.95. The molecule has 0 bridgehead atoms. The van der Waals surface area contributed by atoms with Crippen LogP contribution in [-0.2, 0) is 15.9 Å². The van der Waals surface area contributed by atoms with E-state index in [4.69, 9.17) is 5.11 Å². The van der Waals surface area contributed by atoms with Crippen LogP contribution in [0.2, 0.25) is 0 Å². The number of hydrogen-bond donors (Lipinski definition) is 5. The normalized spacial score (nSPS) is 14.3. The molecule has 3 aromatic rings. The van der Waals surface area contributed by atoms with Gasteiger partial charge in [0.15, 0.2) is 5.82 Å². The van der Waals surface area contributed by atoms with E-state index >= 15 is 0 Å². The molecule has 1 saturated heterocycles. The summed E-state index contributed by atoms with van der Waals surface area (Å²) < 4.78 is 11.9. The molecule has 14 heteroatoms. The van der Waals surface area contributed by atoms with Gasteiger partial charge in [0.2, 0.25) is 5.91 Å². The summed E-state index contributed by atoms with van der Waals surface area (Å²) in [6.45, 7) is 0.547. The standard InChI is InChI=1S/C26H29N6O7P/c33-24(29-21(17-40(37,38)39)25(34)31-11-13-32(14-12-31)26(35)36)20-15-22(27-16-18-7-3-1-4-8-18)30-23(28-20)19-9-5-2-6-10-19/h1-10,15,21H,11-14,16-17H2,(H,29,33)(H,35,36)(H,27,28,30)(H2,37,38,39)/t21-/m0/s1. The van der Waals surface area contributed by atoms with E-state index < -0.39 is 37.7 Å². The van der Waals surface area contributed by atoms with Gasteiger partial charge in [0, 0.05) is 44.4 Å². The first-order chi connectivity index (χ1) is 19.1. The molecule has 3 amide bonds. The Morgan fingerprint density at radius 2 is 1.50 bits per heavy atom. The highest BCUT2D eigenvalue weighted by Crippen LogP contribution is 2.35. The van der Waals surface area contributed by atoms with E-state index in [1.165, 1.54) is 11.0 Å². The van der Waals surface area contributed by atoms with E-state index in [0.29, 0.717) is 17.9 Å². The van der Waals surface area contributed by atoms with Crippen LogP contribution in [0.1, 0.15) is 16.1 Å². The molecule has 4 rings (SSSR count). The van der Waals surface area contributed by atoms with E-state index in [-0.39, 0.29) is 37.7 Å². The molecule has 0 saturated carbocycles. The lowest BCUT2D eigenvalue weighted by Gasteiger charge is -2.35. The minimum absolute atomic E-state index is 0.0257. The molecule has 1 fully saturated rings. The number of nitrogens with one attached hydrogen (secondary N) is 2. The third-order valence-corrected chi connectivity index (χ3v) is 7.03. The van der Waals surface area contributed by atoms with E-state index in [2.05, 4.69) is 20.6 Å². The molecule has 1 aromatic heterocycles. The fourth-order valence-electron chi connectivity index (χ4n) is 4.15. The Balaban J connectivity index is 1.58. The lowest BCUT2D eigenvalue weighted by molar-refractivity contribution is -0.134. The fourth-order valence-corrected chi connectivity index (χ4v) is 4.88. The fraction of sp³-hybridized carbons (Fsp3) is 0.269. The zero-order valence-electron chi connectivity index (χ0n) is 21.4. The van der Waals surface area contributed by atoms with Crippen molar-refractivity contribution in [1.82, 2.24) is 25.1 Å². The van der Waals surface area contributed by atoms with Gasteiger partial charge in [-0.25, -0.2) is 14.8 Å². The van der Waals surface area contributed by atoms with Crippen LogP contribution in [-0.4, -0.2) is 91.0 Å². The summed E-state index contributed by atoms with van der Waals surface area (Å²) in [5.74, 6) is -0.961. The number of carbonyl (C=O) groups is 3. The SMILES string of the molecule is O=C(N[C@@H](CP(=O)(O)O)C(=O)N1CCN(C(=O)O)CC1)c1cc(NCc2ccccc2)nc(-c2ccccc2)n1. The smallest absolute Gasteiger partial charge is 0.407 e. The Kier molecular flexibility index (Phi) is 9.10. The van der Waals surface area contributed by atoms with Crippen LogP contribution in [0.3, 0.4) is 0 Å². The summed E-state index contributed by atoms with van der Waals surface area (Å²) in [6, 6.07) is 18.3. The number of benzene rings is 2. The zero-order valence-corrected chi connectivity index (χ0v) is 22.3. The highest BCUT2D eigenvalue weighted by atomic mass is 31.2. The summed E-state index contributed by atoms with van der Waals surface area (Å²) in [5.41, 5.74) is 1.51. The second kappa shape index (κ2) is 12.7. The number of aromatic nitrogens is 2. The summed E-state index contributed by atoms with van der Waals surface area (Å²) >= 11 is 0. The number of piperazine rings is 1. The lowest BCUT2D eigenvalue weighted by atomic mass is 10.2. The topological polar surface area (TPSA) is 185 Å². The van der Waals surface area contributed by atoms with Gasteiger partial charge in [-0.15, -0.1) is 0 Å². The molecule has 0 radical (unpaired) electrons. The molecular formula is C26H29N6O7P. The van der Waals surface area contributed by atoms with Gasteiger partial charge < -0.3 is 35.3 Å². The number of amides is 3. The van der Waals surface area contributed by atoms with Gasteiger partial charge in [0.1, 0.15) is 17.6 Å². The van der Waals surface area contributed by atoms with E-state index in [9.17, 15) is 28.7 Å². The number of hydrogen-bond acceptors (Lipinski definition) is 7. The summed E-state index contributed by atoms with van der Waals surface area (Å²) in [4.78, 5) is 68.2. The van der Waals surface area contributed by atoms with Crippen molar-refractivity contribution in [3.8, 4) is 11.4 Å². The molecule has 0 unspecified atom stereocenters. The maximum atomic E-state index is 13.3. The lowest BCUT2D eigenvalue weighted by Crippen LogP contribution is -2.56. The molecule has 1 aliphatic rings. The largest absolute Gasteiger partial charge is 0.465 e. The molecule has 13 nitrogen and oxygen atoms in total. The molecule has 0 spiro atoms. The van der Waals surface area contributed by atoms with Gasteiger partial charge >= 0.3 is 13.7 Å². The monoisotopic (exact) mass is 568 g/mol. The van der Waals surface area contributed by atoms with E-state index in [0.717, 1.165) is 10.5 Å². The second-order valence-electron chi connectivity index (χ2n) is 9.14. The molecule has 1 atom stereocenters. The van der Waals surface area contributed by atoms with Crippen molar-refractivity contribution >= 4 is 31.3 Å². The number of rotatable bonds is 9. The number of anilines is 1. The Morgan fingerprint density at radius 1 is 0.900 bits per heavy atom. The maximum Gasteiger partial charge on any atom is 0.407 e. The molecule has 1 aliphatic heterocycles. The summed E-state index contributed by atoms with van der Waals surface area (Å²) in [7, 11) is -4.73. The number of carbonyl (C=O) groups excluding carboxylic acids is 2. The summed E-state index contributed by atoms with van der Waals surface area (Å²) in [6.07, 6.45) is -2.05.